The second-order valence-corrected chi connectivity index (χ2v) is 6.70. The SMILES string of the molecule is COc1cc(C=CC(=O)OCC(=O)N(C)C2CCCCC2)cc(OC)c1OC. The predicted molar refractivity (Wildman–Crippen MR) is 106 cm³/mol. The molecule has 154 valence electrons. The Morgan fingerprint density at radius 1 is 1.04 bits per heavy atom. The topological polar surface area (TPSA) is 74.3 Å². The Morgan fingerprint density at radius 2 is 1.64 bits per heavy atom. The molecule has 1 aliphatic rings. The van der Waals surface area contributed by atoms with Gasteiger partial charge in [0.15, 0.2) is 18.1 Å². The maximum Gasteiger partial charge on any atom is 0.331 e. The van der Waals surface area contributed by atoms with Gasteiger partial charge < -0.3 is 23.8 Å². The molecule has 28 heavy (non-hydrogen) atoms. The van der Waals surface area contributed by atoms with Crippen LogP contribution in [0.1, 0.15) is 37.7 Å². The molecule has 1 aromatic rings. The van der Waals surface area contributed by atoms with E-state index in [-0.39, 0.29) is 18.6 Å². The van der Waals surface area contributed by atoms with Gasteiger partial charge in [0, 0.05) is 19.2 Å². The van der Waals surface area contributed by atoms with Crippen molar-refractivity contribution in [3.05, 3.63) is 23.8 Å². The first-order chi connectivity index (χ1) is 13.5. The first-order valence-corrected chi connectivity index (χ1v) is 9.40. The van der Waals surface area contributed by atoms with Crippen molar-refractivity contribution in [2.75, 3.05) is 35.0 Å². The number of ether oxygens (including phenoxy) is 4. The summed E-state index contributed by atoms with van der Waals surface area (Å²) in [4.78, 5) is 25.9. The van der Waals surface area contributed by atoms with Crippen LogP contribution in [-0.2, 0) is 14.3 Å². The zero-order valence-electron chi connectivity index (χ0n) is 17.0. The van der Waals surface area contributed by atoms with Gasteiger partial charge in [-0.05, 0) is 36.6 Å². The van der Waals surface area contributed by atoms with Gasteiger partial charge in [0.25, 0.3) is 5.91 Å². The van der Waals surface area contributed by atoms with Gasteiger partial charge in [0.2, 0.25) is 5.75 Å². The Labute approximate surface area is 166 Å². The first kappa shape index (κ1) is 21.6. The molecule has 0 aliphatic heterocycles. The zero-order chi connectivity index (χ0) is 20.5. The fourth-order valence-corrected chi connectivity index (χ4v) is 3.32. The number of benzene rings is 1. The first-order valence-electron chi connectivity index (χ1n) is 9.40. The Balaban J connectivity index is 1.93. The highest BCUT2D eigenvalue weighted by atomic mass is 16.5. The summed E-state index contributed by atoms with van der Waals surface area (Å²) in [6, 6.07) is 3.68. The summed E-state index contributed by atoms with van der Waals surface area (Å²) in [5.74, 6) is 0.681. The van der Waals surface area contributed by atoms with Gasteiger partial charge in [-0.15, -0.1) is 0 Å². The van der Waals surface area contributed by atoms with Gasteiger partial charge in [-0.3, -0.25) is 4.79 Å². The van der Waals surface area contributed by atoms with Crippen LogP contribution in [0.5, 0.6) is 17.2 Å². The average Bonchev–Trinajstić information content (AvgIpc) is 2.74. The summed E-state index contributed by atoms with van der Waals surface area (Å²) >= 11 is 0. The normalized spacial score (nSPS) is 14.6. The number of likely N-dealkylation sites (N-methyl/N-ethyl adjacent to an activating group) is 1. The van der Waals surface area contributed by atoms with Crippen molar-refractivity contribution in [1.29, 1.82) is 0 Å². The minimum Gasteiger partial charge on any atom is -0.493 e. The molecule has 1 aromatic carbocycles. The number of hydrogen-bond donors (Lipinski definition) is 0. The summed E-state index contributed by atoms with van der Waals surface area (Å²) in [6.07, 6.45) is 8.36. The third-order valence-electron chi connectivity index (χ3n) is 4.95. The van der Waals surface area contributed by atoms with E-state index in [0.29, 0.717) is 22.8 Å². The van der Waals surface area contributed by atoms with Crippen LogP contribution in [-0.4, -0.2) is 57.8 Å². The van der Waals surface area contributed by atoms with Crippen LogP contribution < -0.4 is 14.2 Å². The van der Waals surface area contributed by atoms with Crippen molar-refractivity contribution in [1.82, 2.24) is 4.90 Å². The molecule has 7 heteroatoms. The lowest BCUT2D eigenvalue weighted by Gasteiger charge is -2.31. The molecule has 1 saturated carbocycles. The summed E-state index contributed by atoms with van der Waals surface area (Å²) in [5, 5.41) is 0. The smallest absolute Gasteiger partial charge is 0.331 e. The highest BCUT2D eigenvalue weighted by molar-refractivity contribution is 5.89. The van der Waals surface area contributed by atoms with Gasteiger partial charge in [-0.1, -0.05) is 19.3 Å². The molecule has 0 aromatic heterocycles. The van der Waals surface area contributed by atoms with Gasteiger partial charge in [-0.25, -0.2) is 4.79 Å². The predicted octanol–water partition coefficient (Wildman–Crippen LogP) is 3.06. The van der Waals surface area contributed by atoms with Gasteiger partial charge in [0.1, 0.15) is 0 Å². The number of esters is 1. The van der Waals surface area contributed by atoms with E-state index in [1.54, 1.807) is 30.2 Å². The number of carbonyl (C=O) groups is 2. The molecule has 1 aliphatic carbocycles. The van der Waals surface area contributed by atoms with E-state index < -0.39 is 5.97 Å². The molecular formula is C21H29NO6. The quantitative estimate of drug-likeness (QED) is 0.501. The van der Waals surface area contributed by atoms with E-state index in [2.05, 4.69) is 0 Å². The van der Waals surface area contributed by atoms with Crippen molar-refractivity contribution in [3.63, 3.8) is 0 Å². The molecule has 1 amide bonds. The van der Waals surface area contributed by atoms with Crippen molar-refractivity contribution in [3.8, 4) is 17.2 Å². The molecule has 0 radical (unpaired) electrons. The maximum absolute atomic E-state index is 12.2. The fraction of sp³-hybridized carbons (Fsp3) is 0.524. The van der Waals surface area contributed by atoms with Crippen LogP contribution in [0.15, 0.2) is 18.2 Å². The molecule has 7 nitrogen and oxygen atoms in total. The van der Waals surface area contributed by atoms with Gasteiger partial charge in [0.05, 0.1) is 21.3 Å². The van der Waals surface area contributed by atoms with Crippen molar-refractivity contribution in [2.24, 2.45) is 0 Å². The third kappa shape index (κ3) is 5.65. The molecule has 1 fully saturated rings. The number of methoxy groups -OCH3 is 3. The second-order valence-electron chi connectivity index (χ2n) is 6.70. The number of amides is 1. The Bertz CT molecular complexity index is 684. The van der Waals surface area contributed by atoms with Crippen LogP contribution >= 0.6 is 0 Å². The molecule has 0 bridgehead atoms. The van der Waals surface area contributed by atoms with E-state index in [0.717, 1.165) is 25.7 Å². The molecule has 0 unspecified atom stereocenters. The number of nitrogens with zero attached hydrogens (tertiary/aromatic N) is 1. The lowest BCUT2D eigenvalue weighted by Crippen LogP contribution is -2.40. The molecular weight excluding hydrogens is 362 g/mol. The number of carbonyl (C=O) groups excluding carboxylic acids is 2. The summed E-state index contributed by atoms with van der Waals surface area (Å²) in [5.41, 5.74) is 0.678. The van der Waals surface area contributed by atoms with E-state index >= 15 is 0 Å². The number of hydrogen-bond acceptors (Lipinski definition) is 6. The molecule has 0 N–H and O–H groups in total. The average molecular weight is 391 g/mol. The van der Waals surface area contributed by atoms with Crippen molar-refractivity contribution >= 4 is 18.0 Å². The van der Waals surface area contributed by atoms with Gasteiger partial charge >= 0.3 is 5.97 Å². The summed E-state index contributed by atoms with van der Waals surface area (Å²) < 4.78 is 20.9. The van der Waals surface area contributed by atoms with Crippen LogP contribution in [0.25, 0.3) is 6.08 Å². The van der Waals surface area contributed by atoms with Crippen LogP contribution in [0, 0.1) is 0 Å². The maximum atomic E-state index is 12.2. The molecule has 0 saturated heterocycles. The Hall–Kier alpha value is -2.70. The molecule has 0 atom stereocenters. The second kappa shape index (κ2) is 10.6. The van der Waals surface area contributed by atoms with E-state index in [4.69, 9.17) is 18.9 Å². The summed E-state index contributed by atoms with van der Waals surface area (Å²) in [6.45, 7) is -0.259. The largest absolute Gasteiger partial charge is 0.493 e. The van der Waals surface area contributed by atoms with Crippen molar-refractivity contribution in [2.45, 2.75) is 38.1 Å². The Morgan fingerprint density at radius 3 is 2.18 bits per heavy atom. The number of rotatable bonds is 8. The van der Waals surface area contributed by atoms with E-state index in [9.17, 15) is 9.59 Å². The monoisotopic (exact) mass is 391 g/mol. The van der Waals surface area contributed by atoms with Crippen LogP contribution in [0.3, 0.4) is 0 Å². The lowest BCUT2D eigenvalue weighted by atomic mass is 9.94. The van der Waals surface area contributed by atoms with Crippen LogP contribution in [0.2, 0.25) is 0 Å². The fourth-order valence-electron chi connectivity index (χ4n) is 3.32. The van der Waals surface area contributed by atoms with E-state index in [1.807, 2.05) is 0 Å². The van der Waals surface area contributed by atoms with Crippen LogP contribution in [0.4, 0.5) is 0 Å². The Kier molecular flexibility index (Phi) is 8.17. The minimum absolute atomic E-state index is 0.179. The third-order valence-corrected chi connectivity index (χ3v) is 4.95. The minimum atomic E-state index is -0.584. The summed E-state index contributed by atoms with van der Waals surface area (Å²) in [7, 11) is 6.34. The standard InChI is InChI=1S/C21H29NO6/c1-22(16-8-6-5-7-9-16)19(23)14-28-20(24)11-10-15-12-17(25-2)21(27-4)18(13-15)26-3/h10-13,16H,5-9,14H2,1-4H3. The highest BCUT2D eigenvalue weighted by Gasteiger charge is 2.22. The molecule has 0 spiro atoms. The van der Waals surface area contributed by atoms with E-state index in [1.165, 1.54) is 33.8 Å². The van der Waals surface area contributed by atoms with Gasteiger partial charge in [-0.2, -0.15) is 0 Å². The molecule has 0 heterocycles. The zero-order valence-corrected chi connectivity index (χ0v) is 17.0. The lowest BCUT2D eigenvalue weighted by molar-refractivity contribution is -0.148. The highest BCUT2D eigenvalue weighted by Crippen LogP contribution is 2.38. The molecule has 2 rings (SSSR count). The van der Waals surface area contributed by atoms with Crippen molar-refractivity contribution < 1.29 is 28.5 Å².